The Labute approximate surface area is 347 Å². The van der Waals surface area contributed by atoms with Gasteiger partial charge < -0.3 is 15.5 Å². The molecule has 320 valence electrons. The molecule has 0 aliphatic carbocycles. The van der Waals surface area contributed by atoms with E-state index >= 15 is 0 Å². The molecule has 4 heteroatoms. The molecule has 1 amide bonds. The lowest BCUT2D eigenvalue weighted by molar-refractivity contribution is -0.122. The largest absolute Gasteiger partial charge is 0.394 e. The van der Waals surface area contributed by atoms with Crippen molar-refractivity contribution in [3.8, 4) is 0 Å². The number of hydrogen-bond donors (Lipinski definition) is 3. The van der Waals surface area contributed by atoms with Gasteiger partial charge in [-0.3, -0.25) is 4.79 Å². The third kappa shape index (κ3) is 42.5. The molecule has 0 radical (unpaired) electrons. The van der Waals surface area contributed by atoms with Crippen LogP contribution in [0.3, 0.4) is 0 Å². The molecular weight excluding hydrogens is 687 g/mol. The molecule has 3 N–H and O–H groups in total. The maximum atomic E-state index is 12.4. The molecule has 2 unspecified atom stereocenters. The van der Waals surface area contributed by atoms with Crippen LogP contribution in [0.15, 0.2) is 97.2 Å². The van der Waals surface area contributed by atoms with E-state index in [0.717, 1.165) is 57.8 Å². The monoisotopic (exact) mass is 776 g/mol. The number of amides is 1. The normalized spacial score (nSPS) is 13.9. The van der Waals surface area contributed by atoms with Gasteiger partial charge in [-0.05, 0) is 70.6 Å². The lowest BCUT2D eigenvalue weighted by Crippen LogP contribution is -2.45. The van der Waals surface area contributed by atoms with Gasteiger partial charge in [0.1, 0.15) is 0 Å². The number of nitrogens with one attached hydrogen (secondary N) is 1. The Morgan fingerprint density at radius 2 is 0.804 bits per heavy atom. The molecule has 0 aromatic rings. The van der Waals surface area contributed by atoms with Crippen LogP contribution in [0.1, 0.15) is 206 Å². The van der Waals surface area contributed by atoms with Crippen LogP contribution in [0.2, 0.25) is 0 Å². The van der Waals surface area contributed by atoms with Crippen molar-refractivity contribution in [1.29, 1.82) is 0 Å². The second kappa shape index (κ2) is 46.7. The minimum Gasteiger partial charge on any atom is -0.394 e. The van der Waals surface area contributed by atoms with Crippen molar-refractivity contribution in [2.75, 3.05) is 6.61 Å². The van der Waals surface area contributed by atoms with Crippen LogP contribution < -0.4 is 5.32 Å². The molecule has 4 nitrogen and oxygen atoms in total. The van der Waals surface area contributed by atoms with E-state index < -0.39 is 12.1 Å². The van der Waals surface area contributed by atoms with Crippen LogP contribution >= 0.6 is 0 Å². The molecule has 0 spiro atoms. The quantitative estimate of drug-likeness (QED) is 0.0428. The van der Waals surface area contributed by atoms with Crippen LogP contribution in [-0.4, -0.2) is 34.9 Å². The van der Waals surface area contributed by atoms with Gasteiger partial charge in [-0.25, -0.2) is 0 Å². The highest BCUT2D eigenvalue weighted by Crippen LogP contribution is 2.15. The molecule has 0 bridgehead atoms. The minimum absolute atomic E-state index is 0.159. The van der Waals surface area contributed by atoms with Gasteiger partial charge in [0.25, 0.3) is 0 Å². The van der Waals surface area contributed by atoms with Crippen molar-refractivity contribution in [3.05, 3.63) is 97.2 Å². The number of unbranched alkanes of at least 4 members (excludes halogenated alkanes) is 20. The van der Waals surface area contributed by atoms with E-state index in [0.29, 0.717) is 12.8 Å². The molecule has 0 saturated heterocycles. The summed E-state index contributed by atoms with van der Waals surface area (Å²) in [6.07, 6.45) is 69.7. The molecular formula is C52H89NO3. The zero-order chi connectivity index (χ0) is 40.7. The first-order valence-corrected chi connectivity index (χ1v) is 23.5. The van der Waals surface area contributed by atoms with Crippen LogP contribution in [-0.2, 0) is 4.79 Å². The molecule has 56 heavy (non-hydrogen) atoms. The topological polar surface area (TPSA) is 69.6 Å². The smallest absolute Gasteiger partial charge is 0.220 e. The summed E-state index contributed by atoms with van der Waals surface area (Å²) < 4.78 is 0. The molecule has 2 atom stereocenters. The fourth-order valence-corrected chi connectivity index (χ4v) is 6.51. The molecule has 0 aliphatic rings. The van der Waals surface area contributed by atoms with Crippen molar-refractivity contribution in [1.82, 2.24) is 5.32 Å². The number of aliphatic hydroxyl groups excluding tert-OH is 2. The Morgan fingerprint density at radius 1 is 0.446 bits per heavy atom. The number of hydrogen-bond acceptors (Lipinski definition) is 3. The second-order valence-corrected chi connectivity index (χ2v) is 15.4. The number of aliphatic hydroxyl groups is 2. The van der Waals surface area contributed by atoms with Crippen molar-refractivity contribution in [2.24, 2.45) is 0 Å². The fourth-order valence-electron chi connectivity index (χ4n) is 6.51. The Kier molecular flexibility index (Phi) is 44.4. The second-order valence-electron chi connectivity index (χ2n) is 15.4. The first kappa shape index (κ1) is 53.3. The molecule has 0 rings (SSSR count). The van der Waals surface area contributed by atoms with E-state index in [2.05, 4.69) is 98.2 Å². The van der Waals surface area contributed by atoms with Gasteiger partial charge in [0, 0.05) is 6.42 Å². The Bertz CT molecular complexity index is 1060. The van der Waals surface area contributed by atoms with Gasteiger partial charge in [0.05, 0.1) is 18.8 Å². The highest BCUT2D eigenvalue weighted by Gasteiger charge is 2.17. The highest BCUT2D eigenvalue weighted by atomic mass is 16.3. The van der Waals surface area contributed by atoms with Crippen LogP contribution in [0.4, 0.5) is 0 Å². The molecule has 0 heterocycles. The van der Waals surface area contributed by atoms with Crippen LogP contribution in [0, 0.1) is 0 Å². The van der Waals surface area contributed by atoms with E-state index in [4.69, 9.17) is 0 Å². The summed E-state index contributed by atoms with van der Waals surface area (Å²) >= 11 is 0. The van der Waals surface area contributed by atoms with Gasteiger partial charge in [0.15, 0.2) is 0 Å². The molecule has 0 saturated carbocycles. The highest BCUT2D eigenvalue weighted by molar-refractivity contribution is 5.76. The predicted molar refractivity (Wildman–Crippen MR) is 248 cm³/mol. The molecule has 0 aromatic carbocycles. The summed E-state index contributed by atoms with van der Waals surface area (Å²) in [4.78, 5) is 12.4. The fraction of sp³-hybridized carbons (Fsp3) is 0.673. The number of rotatable bonds is 41. The standard InChI is InChI=1S/C52H89NO3/c1-3-5-7-9-11-13-15-17-19-21-23-24-25-26-27-28-30-31-33-35-37-39-41-43-45-47-51(55)50(49-54)53-52(56)48-46-44-42-40-38-36-34-32-29-22-20-18-16-14-12-10-8-6-4-2/h6,8,12,14,18,20,29,32,36-39,42,44-45,47,50-51,54-55H,3-5,7,9-11,13,15-17,19,21-28,30-31,33-35,40-41,43,46,48-49H2,1-2H3,(H,53,56)/b8-6-,14-12-,20-18-,32-29-,38-36-,39-37+,44-42-,47-45+. The van der Waals surface area contributed by atoms with Crippen LogP contribution in [0.25, 0.3) is 0 Å². The van der Waals surface area contributed by atoms with E-state index in [1.54, 1.807) is 6.08 Å². The summed E-state index contributed by atoms with van der Waals surface area (Å²) in [7, 11) is 0. The lowest BCUT2D eigenvalue weighted by Gasteiger charge is -2.19. The third-order valence-electron chi connectivity index (χ3n) is 10.1. The van der Waals surface area contributed by atoms with E-state index in [1.807, 2.05) is 12.2 Å². The summed E-state index contributed by atoms with van der Waals surface area (Å²) in [5, 5.41) is 23.0. The van der Waals surface area contributed by atoms with Crippen molar-refractivity contribution in [3.63, 3.8) is 0 Å². The number of allylic oxidation sites excluding steroid dienone is 15. The lowest BCUT2D eigenvalue weighted by atomic mass is 10.0. The summed E-state index contributed by atoms with van der Waals surface area (Å²) in [6, 6.07) is -0.686. The van der Waals surface area contributed by atoms with Gasteiger partial charge in [-0.15, -0.1) is 0 Å². The van der Waals surface area contributed by atoms with Gasteiger partial charge >= 0.3 is 0 Å². The van der Waals surface area contributed by atoms with Gasteiger partial charge in [-0.2, -0.15) is 0 Å². The maximum Gasteiger partial charge on any atom is 0.220 e. The first-order chi connectivity index (χ1) is 27.7. The summed E-state index contributed by atoms with van der Waals surface area (Å²) in [6.45, 7) is 4.15. The summed E-state index contributed by atoms with van der Waals surface area (Å²) in [5.41, 5.74) is 0. The average Bonchev–Trinajstić information content (AvgIpc) is 3.20. The zero-order valence-electron chi connectivity index (χ0n) is 36.6. The van der Waals surface area contributed by atoms with Crippen molar-refractivity contribution in [2.45, 2.75) is 219 Å². The van der Waals surface area contributed by atoms with Gasteiger partial charge in [0.2, 0.25) is 5.91 Å². The van der Waals surface area contributed by atoms with E-state index in [1.165, 1.54) is 122 Å². The number of carbonyl (C=O) groups excluding carboxylic acids is 1. The van der Waals surface area contributed by atoms with Crippen molar-refractivity contribution < 1.29 is 15.0 Å². The predicted octanol–water partition coefficient (Wildman–Crippen LogP) is 15.0. The number of carbonyl (C=O) groups is 1. The van der Waals surface area contributed by atoms with Crippen molar-refractivity contribution >= 4 is 5.91 Å². The Balaban J connectivity index is 3.71. The molecule has 0 aliphatic heterocycles. The minimum atomic E-state index is -0.900. The van der Waals surface area contributed by atoms with E-state index in [9.17, 15) is 15.0 Å². The average molecular weight is 776 g/mol. The SMILES string of the molecule is CC/C=C\C/C=C\C/C=C\C/C=C\C/C=C\C/C=C\CCC(=O)NC(CO)C(O)/C=C/CC/C=C/CCCCCCCCCCCCCCCCCCCCC. The molecule has 0 aromatic heterocycles. The van der Waals surface area contributed by atoms with E-state index in [-0.39, 0.29) is 12.5 Å². The third-order valence-corrected chi connectivity index (χ3v) is 10.1. The van der Waals surface area contributed by atoms with Gasteiger partial charge in [-0.1, -0.05) is 227 Å². The Hall–Kier alpha value is -2.69. The Morgan fingerprint density at radius 3 is 1.23 bits per heavy atom. The summed E-state index contributed by atoms with van der Waals surface area (Å²) in [5.74, 6) is -0.159. The first-order valence-electron chi connectivity index (χ1n) is 23.5. The van der Waals surface area contributed by atoms with Crippen LogP contribution in [0.5, 0.6) is 0 Å². The molecule has 0 fully saturated rings. The zero-order valence-corrected chi connectivity index (χ0v) is 36.6. The maximum absolute atomic E-state index is 12.4.